The number of β-amino-alcohol motifs (C(OH)–C–C–N with tert-alkyl or cyclic N) is 1. The molecule has 1 fully saturated rings. The summed E-state index contributed by atoms with van der Waals surface area (Å²) in [4.78, 5) is 14.0. The van der Waals surface area contributed by atoms with E-state index in [0.717, 1.165) is 72.6 Å². The Morgan fingerprint density at radius 1 is 1.12 bits per heavy atom. The summed E-state index contributed by atoms with van der Waals surface area (Å²) in [6, 6.07) is 7.95. The van der Waals surface area contributed by atoms with Gasteiger partial charge in [-0.25, -0.2) is 9.97 Å². The van der Waals surface area contributed by atoms with E-state index in [2.05, 4.69) is 20.9 Å². The van der Waals surface area contributed by atoms with Gasteiger partial charge in [0.25, 0.3) is 0 Å². The Kier molecular flexibility index (Phi) is 6.12. The average Bonchev–Trinajstić information content (AvgIpc) is 2.59. The molecule has 1 saturated heterocycles. The Morgan fingerprint density at radius 3 is 2.46 bits per heavy atom. The third-order valence-electron chi connectivity index (χ3n) is 4.82. The molecule has 1 atom stereocenters. The number of hydrogen-bond donors (Lipinski definition) is 1. The summed E-state index contributed by atoms with van der Waals surface area (Å²) in [5.41, 5.74) is 3.25. The minimum atomic E-state index is -0.291. The number of benzene rings is 1. The number of nitrogens with zero attached hydrogens (tertiary/aromatic N) is 4. The molecule has 0 saturated carbocycles. The predicted octanol–water partition coefficient (Wildman–Crippen LogP) is 2.84. The molecule has 3 rings (SSSR count). The molecule has 5 nitrogen and oxygen atoms in total. The Balaban J connectivity index is 1.84. The van der Waals surface area contributed by atoms with E-state index in [-0.39, 0.29) is 6.10 Å². The highest BCUT2D eigenvalue weighted by Gasteiger charge is 2.23. The quantitative estimate of drug-likeness (QED) is 0.872. The van der Waals surface area contributed by atoms with Crippen molar-refractivity contribution >= 4 is 17.4 Å². The van der Waals surface area contributed by atoms with Gasteiger partial charge in [-0.3, -0.25) is 4.90 Å². The zero-order valence-electron chi connectivity index (χ0n) is 15.7. The molecular weight excluding hydrogens is 348 g/mol. The summed E-state index contributed by atoms with van der Waals surface area (Å²) in [5.74, 6) is 1.82. The standard InChI is InChI=1S/C20H27ClN4O/c1-14(26)13-24-8-10-25(11-9-24)20-18(15(2)22-16(3)23-20)12-17-6-4-5-7-19(17)21/h4-7,14,26H,8-13H2,1-3H3/t14-/m0/s1. The van der Waals surface area contributed by atoms with Crippen molar-refractivity contribution in [3.8, 4) is 0 Å². The SMILES string of the molecule is Cc1nc(C)c(Cc2ccccc2Cl)c(N2CCN(C[C@H](C)O)CC2)n1. The topological polar surface area (TPSA) is 52.5 Å². The van der Waals surface area contributed by atoms with Gasteiger partial charge in [0.05, 0.1) is 6.10 Å². The highest BCUT2D eigenvalue weighted by molar-refractivity contribution is 6.31. The van der Waals surface area contributed by atoms with Crippen LogP contribution in [0.5, 0.6) is 0 Å². The van der Waals surface area contributed by atoms with Crippen molar-refractivity contribution in [2.45, 2.75) is 33.3 Å². The molecule has 0 unspecified atom stereocenters. The number of aryl methyl sites for hydroxylation is 2. The van der Waals surface area contributed by atoms with Crippen molar-refractivity contribution in [1.29, 1.82) is 0 Å². The third kappa shape index (κ3) is 4.53. The van der Waals surface area contributed by atoms with E-state index in [1.165, 1.54) is 0 Å². The lowest BCUT2D eigenvalue weighted by atomic mass is 10.0. The van der Waals surface area contributed by atoms with Gasteiger partial charge in [0.2, 0.25) is 0 Å². The molecule has 26 heavy (non-hydrogen) atoms. The van der Waals surface area contributed by atoms with Crippen molar-refractivity contribution in [3.05, 3.63) is 51.9 Å². The van der Waals surface area contributed by atoms with E-state index in [0.29, 0.717) is 0 Å². The minimum absolute atomic E-state index is 0.291. The van der Waals surface area contributed by atoms with E-state index < -0.39 is 0 Å². The molecular formula is C20H27ClN4O. The molecule has 0 radical (unpaired) electrons. The molecule has 0 amide bonds. The Morgan fingerprint density at radius 2 is 1.81 bits per heavy atom. The summed E-state index contributed by atoms with van der Waals surface area (Å²) in [6.07, 6.45) is 0.440. The maximum atomic E-state index is 9.61. The van der Waals surface area contributed by atoms with Crippen LogP contribution < -0.4 is 4.90 Å². The summed E-state index contributed by atoms with van der Waals surface area (Å²) < 4.78 is 0. The van der Waals surface area contributed by atoms with Crippen molar-refractivity contribution < 1.29 is 5.11 Å². The van der Waals surface area contributed by atoms with Crippen molar-refractivity contribution in [3.63, 3.8) is 0 Å². The predicted molar refractivity (Wildman–Crippen MR) is 106 cm³/mol. The lowest BCUT2D eigenvalue weighted by molar-refractivity contribution is 0.122. The van der Waals surface area contributed by atoms with Crippen LogP contribution in [0, 0.1) is 13.8 Å². The molecule has 2 heterocycles. The van der Waals surface area contributed by atoms with Crippen LogP contribution in [0.2, 0.25) is 5.02 Å². The number of anilines is 1. The lowest BCUT2D eigenvalue weighted by Gasteiger charge is -2.37. The van der Waals surface area contributed by atoms with E-state index >= 15 is 0 Å². The van der Waals surface area contributed by atoms with Crippen LogP contribution in [-0.4, -0.2) is 58.8 Å². The van der Waals surface area contributed by atoms with Crippen LogP contribution in [0.4, 0.5) is 5.82 Å². The van der Waals surface area contributed by atoms with Crippen LogP contribution in [0.3, 0.4) is 0 Å². The molecule has 1 aromatic heterocycles. The van der Waals surface area contributed by atoms with Gasteiger partial charge in [-0.1, -0.05) is 29.8 Å². The van der Waals surface area contributed by atoms with Crippen LogP contribution in [-0.2, 0) is 6.42 Å². The van der Waals surface area contributed by atoms with Gasteiger partial charge in [-0.2, -0.15) is 0 Å². The number of rotatable bonds is 5. The van der Waals surface area contributed by atoms with Gasteiger partial charge in [0.1, 0.15) is 11.6 Å². The van der Waals surface area contributed by atoms with Gasteiger partial charge in [-0.15, -0.1) is 0 Å². The number of aromatic nitrogens is 2. The molecule has 1 N–H and O–H groups in total. The molecule has 1 aromatic carbocycles. The number of piperazine rings is 1. The second kappa shape index (κ2) is 8.33. The normalized spacial score (nSPS) is 16.7. The van der Waals surface area contributed by atoms with Crippen LogP contribution in [0.25, 0.3) is 0 Å². The fraction of sp³-hybridized carbons (Fsp3) is 0.500. The molecule has 0 aliphatic carbocycles. The van der Waals surface area contributed by atoms with Gasteiger partial charge in [-0.05, 0) is 32.4 Å². The van der Waals surface area contributed by atoms with Crippen molar-refractivity contribution in [2.75, 3.05) is 37.6 Å². The summed E-state index contributed by atoms with van der Waals surface area (Å²) in [5, 5.41) is 10.4. The number of aliphatic hydroxyl groups is 1. The lowest BCUT2D eigenvalue weighted by Crippen LogP contribution is -2.48. The summed E-state index contributed by atoms with van der Waals surface area (Å²) >= 11 is 6.38. The fourth-order valence-corrected chi connectivity index (χ4v) is 3.74. The van der Waals surface area contributed by atoms with E-state index in [1.807, 2.05) is 39.0 Å². The largest absolute Gasteiger partial charge is 0.392 e. The molecule has 0 spiro atoms. The first-order chi connectivity index (χ1) is 12.4. The zero-order valence-corrected chi connectivity index (χ0v) is 16.5. The number of hydrogen-bond acceptors (Lipinski definition) is 5. The number of aliphatic hydroxyl groups excluding tert-OH is 1. The third-order valence-corrected chi connectivity index (χ3v) is 5.19. The van der Waals surface area contributed by atoms with Crippen LogP contribution in [0.1, 0.15) is 29.6 Å². The summed E-state index contributed by atoms with van der Waals surface area (Å²) in [7, 11) is 0. The Labute approximate surface area is 160 Å². The maximum Gasteiger partial charge on any atom is 0.136 e. The van der Waals surface area contributed by atoms with Crippen LogP contribution >= 0.6 is 11.6 Å². The first-order valence-corrected chi connectivity index (χ1v) is 9.54. The fourth-order valence-electron chi connectivity index (χ4n) is 3.53. The second-order valence-corrected chi connectivity index (χ2v) is 7.47. The van der Waals surface area contributed by atoms with Gasteiger partial charge in [0.15, 0.2) is 0 Å². The zero-order chi connectivity index (χ0) is 18.7. The monoisotopic (exact) mass is 374 g/mol. The molecule has 1 aliphatic rings. The van der Waals surface area contributed by atoms with Crippen molar-refractivity contribution in [2.24, 2.45) is 0 Å². The van der Waals surface area contributed by atoms with E-state index in [4.69, 9.17) is 16.6 Å². The molecule has 1 aliphatic heterocycles. The average molecular weight is 375 g/mol. The van der Waals surface area contributed by atoms with E-state index in [1.54, 1.807) is 0 Å². The molecule has 6 heteroatoms. The smallest absolute Gasteiger partial charge is 0.136 e. The first kappa shape index (κ1) is 19.1. The maximum absolute atomic E-state index is 9.61. The van der Waals surface area contributed by atoms with Crippen LogP contribution in [0.15, 0.2) is 24.3 Å². The van der Waals surface area contributed by atoms with E-state index in [9.17, 15) is 5.11 Å². The van der Waals surface area contributed by atoms with Gasteiger partial charge in [0, 0.05) is 55.4 Å². The number of halogens is 1. The Bertz CT molecular complexity index is 757. The summed E-state index contributed by atoms with van der Waals surface area (Å²) in [6.45, 7) is 10.2. The minimum Gasteiger partial charge on any atom is -0.392 e. The van der Waals surface area contributed by atoms with Gasteiger partial charge >= 0.3 is 0 Å². The Hall–Kier alpha value is -1.69. The molecule has 2 aromatic rings. The van der Waals surface area contributed by atoms with Crippen molar-refractivity contribution in [1.82, 2.24) is 14.9 Å². The second-order valence-electron chi connectivity index (χ2n) is 7.06. The molecule has 140 valence electrons. The highest BCUT2D eigenvalue weighted by Crippen LogP contribution is 2.27. The van der Waals surface area contributed by atoms with Gasteiger partial charge < -0.3 is 10.0 Å². The first-order valence-electron chi connectivity index (χ1n) is 9.17. The molecule has 0 bridgehead atoms. The highest BCUT2D eigenvalue weighted by atomic mass is 35.5.